The van der Waals surface area contributed by atoms with E-state index in [9.17, 15) is 5.11 Å². The lowest BCUT2D eigenvalue weighted by molar-refractivity contribution is 0.219. The van der Waals surface area contributed by atoms with Crippen molar-refractivity contribution in [3.05, 3.63) is 84.5 Å². The molecule has 164 valence electrons. The van der Waals surface area contributed by atoms with Crippen LogP contribution in [0.5, 0.6) is 0 Å². The molecule has 1 unspecified atom stereocenters. The first kappa shape index (κ1) is 25.9. The molecule has 0 radical (unpaired) electrons. The molecule has 1 N–H and O–H groups in total. The summed E-state index contributed by atoms with van der Waals surface area (Å²) in [5, 5.41) is 13.1. The first-order chi connectivity index (χ1) is 14.4. The van der Waals surface area contributed by atoms with Crippen LogP contribution in [0, 0.1) is 11.8 Å². The Morgan fingerprint density at radius 3 is 2.20 bits per heavy atom. The van der Waals surface area contributed by atoms with E-state index in [0.29, 0.717) is 0 Å². The maximum absolute atomic E-state index is 10.8. The summed E-state index contributed by atoms with van der Waals surface area (Å²) in [5.41, 5.74) is 3.01. The monoisotopic (exact) mass is 406 g/mol. The van der Waals surface area contributed by atoms with Gasteiger partial charge in [0.2, 0.25) is 0 Å². The van der Waals surface area contributed by atoms with Crippen LogP contribution in [0.15, 0.2) is 78.9 Å². The fourth-order valence-corrected chi connectivity index (χ4v) is 3.57. The van der Waals surface area contributed by atoms with Gasteiger partial charge in [0.1, 0.15) is 6.10 Å². The van der Waals surface area contributed by atoms with Crippen molar-refractivity contribution in [3.63, 3.8) is 0 Å². The highest BCUT2D eigenvalue weighted by Crippen LogP contribution is 2.32. The Morgan fingerprint density at radius 1 is 0.967 bits per heavy atom. The standard InChI is InChI=1S/C20H22O.C9H20/c1-4-10-15(5-2)17(6-3)20(21)19-14-9-12-16-11-7-8-13-18(16)19;1-5-9(4)7-6-8(2)3/h4,6-9,11-14,20-21H,1,3,5,10H2,2H3;8-9H,5-7H2,1-4H3/b17-15+;/t;9-/m.0/s1. The summed E-state index contributed by atoms with van der Waals surface area (Å²) >= 11 is 0. The maximum atomic E-state index is 10.8. The van der Waals surface area contributed by atoms with Crippen LogP contribution in [0.4, 0.5) is 0 Å². The van der Waals surface area contributed by atoms with E-state index in [1.807, 2.05) is 36.4 Å². The van der Waals surface area contributed by atoms with E-state index in [1.165, 1.54) is 24.8 Å². The number of allylic oxidation sites excluding steroid dienone is 2. The van der Waals surface area contributed by atoms with Crippen LogP contribution in [-0.4, -0.2) is 5.11 Å². The Morgan fingerprint density at radius 2 is 1.63 bits per heavy atom. The summed E-state index contributed by atoms with van der Waals surface area (Å²) in [6.45, 7) is 19.0. The molecule has 0 amide bonds. The molecule has 1 nitrogen and oxygen atoms in total. The van der Waals surface area contributed by atoms with Gasteiger partial charge in [-0.25, -0.2) is 0 Å². The number of benzene rings is 2. The molecular weight excluding hydrogens is 364 g/mol. The van der Waals surface area contributed by atoms with Crippen LogP contribution in [0.1, 0.15) is 78.4 Å². The average molecular weight is 407 g/mol. The summed E-state index contributed by atoms with van der Waals surface area (Å²) in [4.78, 5) is 0. The molecule has 0 fully saturated rings. The second-order valence-electron chi connectivity index (χ2n) is 8.56. The number of hydrogen-bond donors (Lipinski definition) is 1. The van der Waals surface area contributed by atoms with Crippen LogP contribution < -0.4 is 0 Å². The third-order valence-corrected chi connectivity index (χ3v) is 5.79. The summed E-state index contributed by atoms with van der Waals surface area (Å²) in [6, 6.07) is 14.2. The molecule has 1 heteroatoms. The van der Waals surface area contributed by atoms with Crippen molar-refractivity contribution in [3.8, 4) is 0 Å². The second-order valence-corrected chi connectivity index (χ2v) is 8.56. The fraction of sp³-hybridized carbons (Fsp3) is 0.448. The van der Waals surface area contributed by atoms with Gasteiger partial charge in [-0.1, -0.05) is 121 Å². The van der Waals surface area contributed by atoms with Crippen molar-refractivity contribution in [1.82, 2.24) is 0 Å². The number of aliphatic hydroxyl groups excluding tert-OH is 1. The molecule has 0 saturated heterocycles. The largest absolute Gasteiger partial charge is 0.384 e. The van der Waals surface area contributed by atoms with E-state index in [1.54, 1.807) is 6.08 Å². The van der Waals surface area contributed by atoms with Crippen molar-refractivity contribution >= 4 is 10.8 Å². The molecule has 2 aromatic carbocycles. The van der Waals surface area contributed by atoms with Crippen LogP contribution >= 0.6 is 0 Å². The minimum absolute atomic E-state index is 0.650. The highest BCUT2D eigenvalue weighted by Gasteiger charge is 2.16. The van der Waals surface area contributed by atoms with Gasteiger partial charge in [-0.05, 0) is 46.6 Å². The molecule has 2 atom stereocenters. The molecule has 0 aliphatic rings. The Hall–Kier alpha value is -2.12. The van der Waals surface area contributed by atoms with Crippen LogP contribution in [0.3, 0.4) is 0 Å². The van der Waals surface area contributed by atoms with Gasteiger partial charge >= 0.3 is 0 Å². The molecule has 0 aromatic heterocycles. The molecule has 2 rings (SSSR count). The number of hydrogen-bond acceptors (Lipinski definition) is 1. The third-order valence-electron chi connectivity index (χ3n) is 5.79. The SMILES string of the molecule is C=CC/C(CC)=C(\C=C)C(O)c1cccc2ccccc12.CC[C@H](C)CCC(C)C. The molecule has 0 saturated carbocycles. The van der Waals surface area contributed by atoms with Gasteiger partial charge in [-0.2, -0.15) is 0 Å². The highest BCUT2D eigenvalue weighted by molar-refractivity contribution is 5.86. The molecule has 0 spiro atoms. The van der Waals surface area contributed by atoms with Gasteiger partial charge in [0.05, 0.1) is 0 Å². The average Bonchev–Trinajstić information content (AvgIpc) is 2.77. The molecular formula is C29H42O. The Balaban J connectivity index is 0.000000424. The zero-order chi connectivity index (χ0) is 22.5. The van der Waals surface area contributed by atoms with E-state index in [-0.39, 0.29) is 0 Å². The predicted octanol–water partition coefficient (Wildman–Crippen LogP) is 8.81. The summed E-state index contributed by atoms with van der Waals surface area (Å²) in [5.74, 6) is 1.83. The Kier molecular flexibility index (Phi) is 12.1. The van der Waals surface area contributed by atoms with Crippen molar-refractivity contribution < 1.29 is 5.11 Å². The predicted molar refractivity (Wildman–Crippen MR) is 135 cm³/mol. The zero-order valence-electron chi connectivity index (χ0n) is 19.8. The fourth-order valence-electron chi connectivity index (χ4n) is 3.57. The van der Waals surface area contributed by atoms with Gasteiger partial charge in [0, 0.05) is 0 Å². The van der Waals surface area contributed by atoms with Crippen LogP contribution in [0.2, 0.25) is 0 Å². The van der Waals surface area contributed by atoms with Gasteiger partial charge in [-0.15, -0.1) is 6.58 Å². The molecule has 0 bridgehead atoms. The zero-order valence-corrected chi connectivity index (χ0v) is 19.8. The lowest BCUT2D eigenvalue weighted by atomic mass is 9.91. The van der Waals surface area contributed by atoms with E-state index >= 15 is 0 Å². The molecule has 2 aromatic rings. The molecule has 0 aliphatic carbocycles. The van der Waals surface area contributed by atoms with Gasteiger partial charge < -0.3 is 5.11 Å². The van der Waals surface area contributed by atoms with E-state index < -0.39 is 6.10 Å². The summed E-state index contributed by atoms with van der Waals surface area (Å²) in [7, 11) is 0. The highest BCUT2D eigenvalue weighted by atomic mass is 16.3. The van der Waals surface area contributed by atoms with Gasteiger partial charge in [0.25, 0.3) is 0 Å². The first-order valence-corrected chi connectivity index (χ1v) is 11.5. The smallest absolute Gasteiger partial charge is 0.105 e. The molecule has 0 aliphatic heterocycles. The topological polar surface area (TPSA) is 20.2 Å². The summed E-state index contributed by atoms with van der Waals surface area (Å²) in [6.07, 6.45) is 8.81. The number of fused-ring (bicyclic) bond motifs is 1. The number of rotatable bonds is 10. The summed E-state index contributed by atoms with van der Waals surface area (Å²) < 4.78 is 0. The molecule has 30 heavy (non-hydrogen) atoms. The quantitative estimate of drug-likeness (QED) is 0.309. The van der Waals surface area contributed by atoms with Crippen molar-refractivity contribution in [2.24, 2.45) is 11.8 Å². The lowest BCUT2D eigenvalue weighted by Gasteiger charge is -2.18. The minimum atomic E-state index is -0.650. The lowest BCUT2D eigenvalue weighted by Crippen LogP contribution is -2.04. The van der Waals surface area contributed by atoms with Crippen molar-refractivity contribution in [2.75, 3.05) is 0 Å². The number of aliphatic hydroxyl groups is 1. The normalized spacial score (nSPS) is 13.8. The third kappa shape index (κ3) is 7.95. The van der Waals surface area contributed by atoms with E-state index in [0.717, 1.165) is 46.6 Å². The van der Waals surface area contributed by atoms with E-state index in [2.05, 4.69) is 59.9 Å². The first-order valence-electron chi connectivity index (χ1n) is 11.5. The van der Waals surface area contributed by atoms with Crippen molar-refractivity contribution in [2.45, 2.75) is 72.8 Å². The van der Waals surface area contributed by atoms with Crippen LogP contribution in [-0.2, 0) is 0 Å². The van der Waals surface area contributed by atoms with Gasteiger partial charge in [-0.3, -0.25) is 0 Å². The van der Waals surface area contributed by atoms with Crippen LogP contribution in [0.25, 0.3) is 10.8 Å². The van der Waals surface area contributed by atoms with E-state index in [4.69, 9.17) is 0 Å². The Bertz CT molecular complexity index is 807. The second kappa shape index (κ2) is 14.0. The Labute approximate surface area is 185 Å². The minimum Gasteiger partial charge on any atom is -0.384 e. The molecule has 0 heterocycles. The van der Waals surface area contributed by atoms with Crippen molar-refractivity contribution in [1.29, 1.82) is 0 Å². The van der Waals surface area contributed by atoms with Gasteiger partial charge in [0.15, 0.2) is 0 Å². The maximum Gasteiger partial charge on any atom is 0.105 e.